The van der Waals surface area contributed by atoms with Crippen LogP contribution in [-0.2, 0) is 13.1 Å². The fourth-order valence-electron chi connectivity index (χ4n) is 3.46. The van der Waals surface area contributed by atoms with E-state index in [1.807, 2.05) is 6.07 Å². The van der Waals surface area contributed by atoms with E-state index < -0.39 is 17.8 Å². The van der Waals surface area contributed by atoms with Crippen LogP contribution in [0.25, 0.3) is 11.3 Å². The van der Waals surface area contributed by atoms with Crippen LogP contribution in [0.1, 0.15) is 21.6 Å². The second kappa shape index (κ2) is 8.49. The van der Waals surface area contributed by atoms with Gasteiger partial charge in [0.25, 0.3) is 5.91 Å². The van der Waals surface area contributed by atoms with Crippen LogP contribution in [0.15, 0.2) is 36.4 Å². The summed E-state index contributed by atoms with van der Waals surface area (Å²) in [5.74, 6) is -1.28. The molecular formula is C21H15Cl2FN6O2. The van der Waals surface area contributed by atoms with Gasteiger partial charge in [-0.15, -0.1) is 0 Å². The molecule has 0 spiro atoms. The summed E-state index contributed by atoms with van der Waals surface area (Å²) in [5.41, 5.74) is 7.56. The van der Waals surface area contributed by atoms with Gasteiger partial charge in [0, 0.05) is 17.8 Å². The Morgan fingerprint density at radius 3 is 2.41 bits per heavy atom. The van der Waals surface area contributed by atoms with Crippen LogP contribution in [-0.4, -0.2) is 33.2 Å². The van der Waals surface area contributed by atoms with Crippen LogP contribution < -0.4 is 11.1 Å². The number of primary amides is 1. The molecule has 3 N–H and O–H groups in total. The van der Waals surface area contributed by atoms with Gasteiger partial charge in [0.2, 0.25) is 0 Å². The molecule has 1 aromatic heterocycles. The number of nitrogens with one attached hydrogen (secondary N) is 1. The summed E-state index contributed by atoms with van der Waals surface area (Å²) in [5, 5.41) is 15.8. The Kier molecular flexibility index (Phi) is 5.74. The molecule has 1 aliphatic heterocycles. The van der Waals surface area contributed by atoms with Crippen molar-refractivity contribution in [1.29, 1.82) is 5.26 Å². The predicted octanol–water partition coefficient (Wildman–Crippen LogP) is 4.01. The van der Waals surface area contributed by atoms with E-state index in [0.717, 1.165) is 0 Å². The number of urea groups is 1. The van der Waals surface area contributed by atoms with Crippen molar-refractivity contribution in [2.75, 3.05) is 11.9 Å². The van der Waals surface area contributed by atoms with E-state index in [1.54, 1.807) is 28.9 Å². The van der Waals surface area contributed by atoms with Gasteiger partial charge in [0.1, 0.15) is 5.69 Å². The van der Waals surface area contributed by atoms with Gasteiger partial charge >= 0.3 is 6.03 Å². The first-order valence-electron chi connectivity index (χ1n) is 9.39. The third-order valence-electron chi connectivity index (χ3n) is 5.05. The third-order valence-corrected chi connectivity index (χ3v) is 5.60. The van der Waals surface area contributed by atoms with Gasteiger partial charge in [0.15, 0.2) is 5.82 Å². The quantitative estimate of drug-likeness (QED) is 0.559. The summed E-state index contributed by atoms with van der Waals surface area (Å²) in [7, 11) is 0. The first-order chi connectivity index (χ1) is 15.3. The number of carbonyl (C=O) groups excluding carboxylic acids is 2. The molecule has 162 valence electrons. The van der Waals surface area contributed by atoms with E-state index in [9.17, 15) is 14.0 Å². The number of hydrogen-bond donors (Lipinski definition) is 2. The average Bonchev–Trinajstić information content (AvgIpc) is 3.16. The van der Waals surface area contributed by atoms with Gasteiger partial charge in [-0.25, -0.2) is 9.18 Å². The van der Waals surface area contributed by atoms with Gasteiger partial charge in [0.05, 0.1) is 46.0 Å². The van der Waals surface area contributed by atoms with E-state index in [-0.39, 0.29) is 27.8 Å². The smallest absolute Gasteiger partial charge is 0.315 e. The Hall–Kier alpha value is -3.61. The molecule has 32 heavy (non-hydrogen) atoms. The molecule has 0 saturated carbocycles. The summed E-state index contributed by atoms with van der Waals surface area (Å²) in [6.45, 7) is 0.713. The van der Waals surface area contributed by atoms with Gasteiger partial charge in [-0.3, -0.25) is 9.48 Å². The molecule has 1 aliphatic rings. The van der Waals surface area contributed by atoms with Gasteiger partial charge in [-0.05, 0) is 36.4 Å². The highest BCUT2D eigenvalue weighted by atomic mass is 35.5. The number of amides is 3. The standard InChI is InChI=1S/C21H15Cl2FN6O2/c22-14-7-12(8-15(23)18(14)24)19-17(16-10-29(21(26)32)5-6-30(16)28-19)20(31)27-13-3-1-11(9-25)2-4-13/h1-4,7-8H,5-6,10H2,(H2,26,32)(H,27,31). The van der Waals surface area contributed by atoms with Crippen LogP contribution in [0, 0.1) is 17.1 Å². The maximum absolute atomic E-state index is 14.0. The molecule has 0 aliphatic carbocycles. The molecular weight excluding hydrogens is 458 g/mol. The lowest BCUT2D eigenvalue weighted by molar-refractivity contribution is 0.102. The molecule has 0 bridgehead atoms. The van der Waals surface area contributed by atoms with Crippen LogP contribution in [0.5, 0.6) is 0 Å². The maximum atomic E-state index is 14.0. The maximum Gasteiger partial charge on any atom is 0.315 e. The van der Waals surface area contributed by atoms with E-state index in [0.29, 0.717) is 35.6 Å². The van der Waals surface area contributed by atoms with Crippen molar-refractivity contribution in [3.05, 3.63) is 69.1 Å². The zero-order valence-electron chi connectivity index (χ0n) is 16.4. The summed E-state index contributed by atoms with van der Waals surface area (Å²) >= 11 is 11.9. The number of benzene rings is 2. The number of nitriles is 1. The number of rotatable bonds is 3. The summed E-state index contributed by atoms with van der Waals surface area (Å²) < 4.78 is 15.6. The van der Waals surface area contributed by atoms with Crippen molar-refractivity contribution in [3.8, 4) is 17.3 Å². The Bertz CT molecular complexity index is 1260. The molecule has 4 rings (SSSR count). The molecule has 0 unspecified atom stereocenters. The number of halogens is 3. The van der Waals surface area contributed by atoms with Crippen molar-refractivity contribution in [3.63, 3.8) is 0 Å². The Balaban J connectivity index is 1.81. The lowest BCUT2D eigenvalue weighted by Gasteiger charge is -2.26. The highest BCUT2D eigenvalue weighted by Crippen LogP contribution is 2.34. The molecule has 0 saturated heterocycles. The van der Waals surface area contributed by atoms with E-state index in [2.05, 4.69) is 10.4 Å². The summed E-state index contributed by atoms with van der Waals surface area (Å²) in [4.78, 5) is 26.4. The monoisotopic (exact) mass is 472 g/mol. The minimum atomic E-state index is -0.774. The van der Waals surface area contributed by atoms with Crippen LogP contribution >= 0.6 is 23.2 Å². The van der Waals surface area contributed by atoms with Crippen molar-refractivity contribution in [2.45, 2.75) is 13.1 Å². The highest BCUT2D eigenvalue weighted by molar-refractivity contribution is 6.35. The van der Waals surface area contributed by atoms with E-state index >= 15 is 0 Å². The van der Waals surface area contributed by atoms with Crippen LogP contribution in [0.4, 0.5) is 14.9 Å². The van der Waals surface area contributed by atoms with Gasteiger partial charge in [-0.1, -0.05) is 23.2 Å². The summed E-state index contributed by atoms with van der Waals surface area (Å²) in [6.07, 6.45) is 0. The molecule has 2 aromatic carbocycles. The Morgan fingerprint density at radius 1 is 1.16 bits per heavy atom. The zero-order chi connectivity index (χ0) is 23.0. The molecule has 0 atom stereocenters. The molecule has 8 nitrogen and oxygen atoms in total. The second-order valence-corrected chi connectivity index (χ2v) is 7.86. The largest absolute Gasteiger partial charge is 0.351 e. The normalized spacial score (nSPS) is 12.8. The molecule has 0 radical (unpaired) electrons. The number of nitrogens with two attached hydrogens (primary N) is 1. The number of nitrogens with zero attached hydrogens (tertiary/aromatic N) is 4. The average molecular weight is 473 g/mol. The molecule has 3 amide bonds. The number of hydrogen-bond acceptors (Lipinski definition) is 4. The lowest BCUT2D eigenvalue weighted by atomic mass is 10.0. The highest BCUT2D eigenvalue weighted by Gasteiger charge is 2.30. The summed E-state index contributed by atoms with van der Waals surface area (Å²) in [6, 6.07) is 10.4. The minimum absolute atomic E-state index is 0.0706. The van der Waals surface area contributed by atoms with Crippen LogP contribution in [0.3, 0.4) is 0 Å². The van der Waals surface area contributed by atoms with Gasteiger partial charge < -0.3 is 16.0 Å². The third kappa shape index (κ3) is 3.98. The predicted molar refractivity (Wildman–Crippen MR) is 117 cm³/mol. The van der Waals surface area contributed by atoms with Crippen molar-refractivity contribution < 1.29 is 14.0 Å². The van der Waals surface area contributed by atoms with Crippen molar-refractivity contribution >= 4 is 40.8 Å². The molecule has 2 heterocycles. The van der Waals surface area contributed by atoms with E-state index in [1.165, 1.54) is 17.0 Å². The molecule has 3 aromatic rings. The molecule has 0 fully saturated rings. The Morgan fingerprint density at radius 2 is 1.81 bits per heavy atom. The van der Waals surface area contributed by atoms with Crippen LogP contribution in [0.2, 0.25) is 10.0 Å². The lowest BCUT2D eigenvalue weighted by Crippen LogP contribution is -2.42. The topological polar surface area (TPSA) is 117 Å². The fourth-order valence-corrected chi connectivity index (χ4v) is 3.95. The van der Waals surface area contributed by atoms with Crippen molar-refractivity contribution in [1.82, 2.24) is 14.7 Å². The van der Waals surface area contributed by atoms with Gasteiger partial charge in [-0.2, -0.15) is 10.4 Å². The number of aromatic nitrogens is 2. The Labute approximate surface area is 191 Å². The van der Waals surface area contributed by atoms with Crippen molar-refractivity contribution in [2.24, 2.45) is 5.73 Å². The second-order valence-electron chi connectivity index (χ2n) is 7.05. The number of carbonyl (C=O) groups is 2. The molecule has 11 heteroatoms. The first kappa shape index (κ1) is 21.6. The zero-order valence-corrected chi connectivity index (χ0v) is 17.9. The van der Waals surface area contributed by atoms with E-state index in [4.69, 9.17) is 34.2 Å². The SMILES string of the molecule is N#Cc1ccc(NC(=O)c2c(-c3cc(Cl)c(F)c(Cl)c3)nn3c2CN(C(N)=O)CC3)cc1. The first-order valence-corrected chi connectivity index (χ1v) is 10.1. The number of anilines is 1. The number of fused-ring (bicyclic) bond motifs is 1. The minimum Gasteiger partial charge on any atom is -0.351 e. The fraction of sp³-hybridized carbons (Fsp3) is 0.143.